The molecule has 6 nitrogen and oxygen atoms in total. The maximum atomic E-state index is 12.6. The molecular formula is C16H12O6. The predicted molar refractivity (Wildman–Crippen MR) is 79.5 cm³/mol. The van der Waals surface area contributed by atoms with Crippen molar-refractivity contribution >= 4 is 11.0 Å². The summed E-state index contributed by atoms with van der Waals surface area (Å²) in [6.07, 6.45) is 0. The second-order valence-corrected chi connectivity index (χ2v) is 4.65. The van der Waals surface area contributed by atoms with Crippen molar-refractivity contribution in [2.24, 2.45) is 0 Å². The van der Waals surface area contributed by atoms with Gasteiger partial charge in [-0.15, -0.1) is 0 Å². The van der Waals surface area contributed by atoms with Gasteiger partial charge in [0.05, 0.1) is 7.11 Å². The van der Waals surface area contributed by atoms with Gasteiger partial charge in [-0.25, -0.2) is 0 Å². The summed E-state index contributed by atoms with van der Waals surface area (Å²) < 4.78 is 10.2. The molecule has 3 rings (SSSR count). The Hall–Kier alpha value is -3.15. The van der Waals surface area contributed by atoms with Crippen LogP contribution in [-0.2, 0) is 0 Å². The summed E-state index contributed by atoms with van der Waals surface area (Å²) in [4.78, 5) is 12.6. The van der Waals surface area contributed by atoms with Gasteiger partial charge in [0.1, 0.15) is 22.3 Å². The first-order valence-corrected chi connectivity index (χ1v) is 6.38. The van der Waals surface area contributed by atoms with E-state index in [9.17, 15) is 20.1 Å². The molecule has 0 aliphatic carbocycles. The highest BCUT2D eigenvalue weighted by Gasteiger charge is 2.19. The maximum Gasteiger partial charge on any atom is 0.294 e. The van der Waals surface area contributed by atoms with E-state index in [1.165, 1.54) is 19.2 Å². The molecular weight excluding hydrogens is 288 g/mol. The monoisotopic (exact) mass is 300 g/mol. The minimum absolute atomic E-state index is 0.0185. The number of hydrogen-bond acceptors (Lipinski definition) is 6. The van der Waals surface area contributed by atoms with E-state index in [1.54, 1.807) is 24.3 Å². The molecule has 0 aliphatic heterocycles. The Morgan fingerprint density at radius 1 is 1.00 bits per heavy atom. The molecule has 0 fully saturated rings. The lowest BCUT2D eigenvalue weighted by atomic mass is 10.0. The van der Waals surface area contributed by atoms with Crippen LogP contribution < -0.4 is 10.2 Å². The lowest BCUT2D eigenvalue weighted by Gasteiger charge is -2.08. The van der Waals surface area contributed by atoms with Crippen LogP contribution in [-0.4, -0.2) is 22.4 Å². The molecule has 1 aromatic heterocycles. The standard InChI is InChI=1S/C16H12O6/c1-21-9-4-2-8(3-5-9)12-15(19)13-11(22-16(12)20)7-6-10(17)14(13)18/h2-7,17-18,20H,1H3. The van der Waals surface area contributed by atoms with Gasteiger partial charge in [-0.1, -0.05) is 12.1 Å². The Bertz CT molecular complexity index is 909. The number of hydrogen-bond donors (Lipinski definition) is 3. The summed E-state index contributed by atoms with van der Waals surface area (Å²) in [5.74, 6) is -0.992. The summed E-state index contributed by atoms with van der Waals surface area (Å²) >= 11 is 0. The first-order valence-electron chi connectivity index (χ1n) is 6.38. The lowest BCUT2D eigenvalue weighted by Crippen LogP contribution is -2.05. The number of aromatic hydroxyl groups is 3. The number of methoxy groups -OCH3 is 1. The van der Waals surface area contributed by atoms with Crippen molar-refractivity contribution in [2.75, 3.05) is 7.11 Å². The molecule has 0 unspecified atom stereocenters. The third-order valence-electron chi connectivity index (χ3n) is 3.37. The van der Waals surface area contributed by atoms with Crippen LogP contribution in [0.25, 0.3) is 22.1 Å². The van der Waals surface area contributed by atoms with E-state index in [2.05, 4.69) is 0 Å². The van der Waals surface area contributed by atoms with Crippen LogP contribution in [0.1, 0.15) is 0 Å². The number of fused-ring (bicyclic) bond motifs is 1. The van der Waals surface area contributed by atoms with Gasteiger partial charge in [-0.3, -0.25) is 4.79 Å². The normalized spacial score (nSPS) is 10.8. The largest absolute Gasteiger partial charge is 0.504 e. The molecule has 0 bridgehead atoms. The molecule has 22 heavy (non-hydrogen) atoms. The molecule has 0 saturated heterocycles. The van der Waals surface area contributed by atoms with Crippen molar-refractivity contribution in [3.8, 4) is 34.3 Å². The van der Waals surface area contributed by atoms with Gasteiger partial charge in [0, 0.05) is 0 Å². The van der Waals surface area contributed by atoms with Crippen molar-refractivity contribution < 1.29 is 24.5 Å². The molecule has 0 atom stereocenters. The lowest BCUT2D eigenvalue weighted by molar-refractivity contribution is 0.340. The highest BCUT2D eigenvalue weighted by atomic mass is 16.5. The molecule has 1 heterocycles. The summed E-state index contributed by atoms with van der Waals surface area (Å²) in [6.45, 7) is 0. The van der Waals surface area contributed by atoms with Crippen molar-refractivity contribution in [3.63, 3.8) is 0 Å². The average molecular weight is 300 g/mol. The van der Waals surface area contributed by atoms with Gasteiger partial charge in [0.15, 0.2) is 11.5 Å². The number of phenolic OH excluding ortho intramolecular Hbond substituents is 2. The molecule has 2 aromatic carbocycles. The summed E-state index contributed by atoms with van der Waals surface area (Å²) in [7, 11) is 1.51. The average Bonchev–Trinajstić information content (AvgIpc) is 2.51. The van der Waals surface area contributed by atoms with E-state index in [1.807, 2.05) is 0 Å². The zero-order chi connectivity index (χ0) is 15.9. The topological polar surface area (TPSA) is 100 Å². The molecule has 3 N–H and O–H groups in total. The van der Waals surface area contributed by atoms with E-state index < -0.39 is 22.9 Å². The Morgan fingerprint density at radius 2 is 1.68 bits per heavy atom. The van der Waals surface area contributed by atoms with Gasteiger partial charge in [0.25, 0.3) is 5.95 Å². The quantitative estimate of drug-likeness (QED) is 0.629. The highest BCUT2D eigenvalue weighted by Crippen LogP contribution is 2.36. The molecule has 6 heteroatoms. The van der Waals surface area contributed by atoms with Crippen molar-refractivity contribution in [3.05, 3.63) is 46.6 Å². The van der Waals surface area contributed by atoms with Crippen molar-refractivity contribution in [1.82, 2.24) is 0 Å². The molecule has 0 amide bonds. The van der Waals surface area contributed by atoms with Gasteiger partial charge in [-0.05, 0) is 29.8 Å². The van der Waals surface area contributed by atoms with Gasteiger partial charge < -0.3 is 24.5 Å². The molecule has 0 spiro atoms. The minimum atomic E-state index is -0.641. The SMILES string of the molecule is COc1ccc(-c2c(O)oc3ccc(O)c(O)c3c2=O)cc1. The maximum absolute atomic E-state index is 12.6. The molecule has 112 valence electrons. The fraction of sp³-hybridized carbons (Fsp3) is 0.0625. The van der Waals surface area contributed by atoms with Crippen LogP contribution >= 0.6 is 0 Å². The first kappa shape index (κ1) is 13.8. The van der Waals surface area contributed by atoms with Crippen LogP contribution in [0.15, 0.2) is 45.6 Å². The van der Waals surface area contributed by atoms with Gasteiger partial charge >= 0.3 is 0 Å². The molecule has 0 radical (unpaired) electrons. The Labute approximate surface area is 124 Å². The second kappa shape index (κ2) is 5.00. The Balaban J connectivity index is 2.34. The Kier molecular flexibility index (Phi) is 3.14. The highest BCUT2D eigenvalue weighted by molar-refractivity contribution is 5.90. The van der Waals surface area contributed by atoms with Crippen molar-refractivity contribution in [1.29, 1.82) is 0 Å². The first-order chi connectivity index (χ1) is 10.5. The number of phenols is 2. The Morgan fingerprint density at radius 3 is 2.32 bits per heavy atom. The summed E-state index contributed by atoms with van der Waals surface area (Å²) in [5, 5.41) is 29.2. The zero-order valence-corrected chi connectivity index (χ0v) is 11.5. The van der Waals surface area contributed by atoms with Crippen LogP contribution in [0.4, 0.5) is 0 Å². The molecule has 0 saturated carbocycles. The van der Waals surface area contributed by atoms with E-state index in [-0.39, 0.29) is 16.5 Å². The zero-order valence-electron chi connectivity index (χ0n) is 11.5. The predicted octanol–water partition coefficient (Wildman–Crippen LogP) is 2.59. The fourth-order valence-electron chi connectivity index (χ4n) is 2.26. The van der Waals surface area contributed by atoms with E-state index in [0.29, 0.717) is 11.3 Å². The fourth-order valence-corrected chi connectivity index (χ4v) is 2.26. The summed E-state index contributed by atoms with van der Waals surface area (Å²) in [5.41, 5.74) is -0.361. The van der Waals surface area contributed by atoms with E-state index >= 15 is 0 Å². The number of rotatable bonds is 2. The van der Waals surface area contributed by atoms with Crippen LogP contribution in [0.3, 0.4) is 0 Å². The van der Waals surface area contributed by atoms with Crippen LogP contribution in [0, 0.1) is 0 Å². The van der Waals surface area contributed by atoms with Gasteiger partial charge in [-0.2, -0.15) is 0 Å². The third-order valence-corrected chi connectivity index (χ3v) is 3.37. The molecule has 0 aliphatic rings. The van der Waals surface area contributed by atoms with Crippen molar-refractivity contribution in [2.45, 2.75) is 0 Å². The van der Waals surface area contributed by atoms with E-state index in [0.717, 1.165) is 0 Å². The minimum Gasteiger partial charge on any atom is -0.504 e. The number of ether oxygens (including phenoxy) is 1. The summed E-state index contributed by atoms with van der Waals surface area (Å²) in [6, 6.07) is 8.88. The molecule has 3 aromatic rings. The van der Waals surface area contributed by atoms with E-state index in [4.69, 9.17) is 9.15 Å². The van der Waals surface area contributed by atoms with Crippen LogP contribution in [0.2, 0.25) is 0 Å². The second-order valence-electron chi connectivity index (χ2n) is 4.65. The third kappa shape index (κ3) is 2.01. The van der Waals surface area contributed by atoms with Crippen LogP contribution in [0.5, 0.6) is 23.2 Å². The van der Waals surface area contributed by atoms with Gasteiger partial charge in [0.2, 0.25) is 5.43 Å². The number of benzene rings is 2. The smallest absolute Gasteiger partial charge is 0.294 e.